The third-order valence-corrected chi connectivity index (χ3v) is 6.28. The van der Waals surface area contributed by atoms with Crippen LogP contribution in [0.15, 0.2) is 66.9 Å². The van der Waals surface area contributed by atoms with Gasteiger partial charge in [-0.1, -0.05) is 42.5 Å². The first kappa shape index (κ1) is 21.5. The van der Waals surface area contributed by atoms with Crippen LogP contribution in [-0.4, -0.2) is 20.4 Å². The number of benzene rings is 2. The molecule has 2 heterocycles. The van der Waals surface area contributed by atoms with Gasteiger partial charge in [0.25, 0.3) is 5.84 Å². The molecular weight excluding hydrogens is 403 g/mol. The molecule has 6 nitrogen and oxygen atoms in total. The molecule has 0 amide bonds. The maximum absolute atomic E-state index is 13.2. The summed E-state index contributed by atoms with van der Waals surface area (Å²) < 4.78 is 15.2. The highest BCUT2D eigenvalue weighted by atomic mass is 19.1. The molecule has 2 aromatic carbocycles. The van der Waals surface area contributed by atoms with Gasteiger partial charge in [-0.25, -0.2) is 4.39 Å². The molecular formula is C25H28FN6+. The van der Waals surface area contributed by atoms with Gasteiger partial charge in [0.2, 0.25) is 0 Å². The Hall–Kier alpha value is -3.74. The average Bonchev–Trinajstić information content (AvgIpc) is 3.24. The zero-order valence-corrected chi connectivity index (χ0v) is 18.7. The summed E-state index contributed by atoms with van der Waals surface area (Å²) in [6.07, 6.45) is 1.96. The Morgan fingerprint density at radius 3 is 2.09 bits per heavy atom. The normalized spacial score (nSPS) is 13.0. The summed E-state index contributed by atoms with van der Waals surface area (Å²) in [4.78, 5) is 0. The molecule has 0 saturated heterocycles. The Balaban J connectivity index is 1.75. The number of nitrogens with zero attached hydrogens (tertiary/aromatic N) is 3. The lowest BCUT2D eigenvalue weighted by molar-refractivity contribution is -0.473. The van der Waals surface area contributed by atoms with Crippen molar-refractivity contribution in [2.75, 3.05) is 0 Å². The molecule has 7 heteroatoms. The predicted molar refractivity (Wildman–Crippen MR) is 124 cm³/mol. The Kier molecular flexibility index (Phi) is 5.20. The first-order valence-electron chi connectivity index (χ1n) is 10.5. The van der Waals surface area contributed by atoms with E-state index in [1.807, 2.05) is 48.7 Å². The number of aromatic nitrogens is 3. The summed E-state index contributed by atoms with van der Waals surface area (Å²) in [6, 6.07) is 18.7. The largest absolute Gasteiger partial charge is 0.289 e. The van der Waals surface area contributed by atoms with Crippen LogP contribution in [0, 0.1) is 5.82 Å². The molecule has 32 heavy (non-hydrogen) atoms. The highest BCUT2D eigenvalue weighted by molar-refractivity contribution is 5.88. The zero-order chi connectivity index (χ0) is 23.1. The highest BCUT2D eigenvalue weighted by Gasteiger charge is 2.35. The monoisotopic (exact) mass is 431 g/mol. The molecule has 0 aliphatic carbocycles. The molecule has 0 aliphatic rings. The maximum Gasteiger partial charge on any atom is 0.273 e. The van der Waals surface area contributed by atoms with Crippen molar-refractivity contribution in [1.82, 2.24) is 14.6 Å². The van der Waals surface area contributed by atoms with Crippen LogP contribution in [-0.2, 0) is 10.8 Å². The second-order valence-electron chi connectivity index (χ2n) is 9.03. The van der Waals surface area contributed by atoms with Crippen LogP contribution in [0.25, 0.3) is 16.8 Å². The molecule has 0 unspecified atom stereocenters. The summed E-state index contributed by atoms with van der Waals surface area (Å²) in [6.45, 7) is 8.22. The SMILES string of the molecule is CC(C)(/C(N)=[NH+]/N)c1cccn2c(C(C)(C)c3ccc(-c4ccc(F)cc4)cc3)nnc12. The summed E-state index contributed by atoms with van der Waals surface area (Å²) in [7, 11) is 0. The molecule has 0 fully saturated rings. The van der Waals surface area contributed by atoms with Crippen molar-refractivity contribution in [3.63, 3.8) is 0 Å². The van der Waals surface area contributed by atoms with Crippen LogP contribution in [0.2, 0.25) is 0 Å². The van der Waals surface area contributed by atoms with Gasteiger partial charge in [-0.05, 0) is 62.6 Å². The Labute approximate surface area is 186 Å². The topological polar surface area (TPSA) is 96.2 Å². The molecule has 0 saturated carbocycles. The number of hydrazone groups is 1. The molecule has 5 N–H and O–H groups in total. The minimum atomic E-state index is -0.539. The fourth-order valence-electron chi connectivity index (χ4n) is 4.01. The number of nitrogens with one attached hydrogen (secondary N) is 1. The molecule has 4 aromatic rings. The molecule has 0 radical (unpaired) electrons. The van der Waals surface area contributed by atoms with Crippen LogP contribution >= 0.6 is 0 Å². The van der Waals surface area contributed by atoms with Gasteiger partial charge in [0.05, 0.1) is 10.8 Å². The van der Waals surface area contributed by atoms with E-state index >= 15 is 0 Å². The quantitative estimate of drug-likeness (QED) is 0.196. The number of nitrogens with two attached hydrogens (primary N) is 2. The van der Waals surface area contributed by atoms with E-state index in [9.17, 15) is 4.39 Å². The second kappa shape index (κ2) is 7.75. The molecule has 0 spiro atoms. The molecule has 2 aromatic heterocycles. The van der Waals surface area contributed by atoms with Crippen molar-refractivity contribution in [2.24, 2.45) is 11.6 Å². The Morgan fingerprint density at radius 1 is 0.906 bits per heavy atom. The molecule has 4 rings (SSSR count). The lowest BCUT2D eigenvalue weighted by atomic mass is 9.82. The number of halogens is 1. The summed E-state index contributed by atoms with van der Waals surface area (Å²) in [5.74, 6) is 6.61. The maximum atomic E-state index is 13.2. The van der Waals surface area contributed by atoms with Crippen molar-refractivity contribution in [3.8, 4) is 11.1 Å². The summed E-state index contributed by atoms with van der Waals surface area (Å²) in [5.41, 5.74) is 9.94. The third-order valence-electron chi connectivity index (χ3n) is 6.28. The molecule has 0 aliphatic heterocycles. The van der Waals surface area contributed by atoms with E-state index in [2.05, 4.69) is 41.3 Å². The summed E-state index contributed by atoms with van der Waals surface area (Å²) in [5, 5.41) is 11.6. The number of rotatable bonds is 5. The lowest BCUT2D eigenvalue weighted by Crippen LogP contribution is -2.85. The third kappa shape index (κ3) is 3.49. The van der Waals surface area contributed by atoms with Crippen molar-refractivity contribution in [2.45, 2.75) is 38.5 Å². The Bertz CT molecular complexity index is 1280. The molecule has 0 bridgehead atoms. The zero-order valence-electron chi connectivity index (χ0n) is 18.7. The number of fused-ring (bicyclic) bond motifs is 1. The van der Waals surface area contributed by atoms with Crippen LogP contribution in [0.4, 0.5) is 4.39 Å². The lowest BCUT2D eigenvalue weighted by Gasteiger charge is -2.25. The minimum absolute atomic E-state index is 0.241. The van der Waals surface area contributed by atoms with E-state index in [0.717, 1.165) is 33.7 Å². The van der Waals surface area contributed by atoms with E-state index in [0.29, 0.717) is 5.84 Å². The van der Waals surface area contributed by atoms with Gasteiger partial charge in [-0.3, -0.25) is 16.0 Å². The van der Waals surface area contributed by atoms with Crippen LogP contribution < -0.4 is 16.7 Å². The van der Waals surface area contributed by atoms with E-state index in [-0.39, 0.29) is 5.82 Å². The molecule has 0 atom stereocenters. The highest BCUT2D eigenvalue weighted by Crippen LogP contribution is 2.34. The van der Waals surface area contributed by atoms with E-state index in [1.54, 1.807) is 12.1 Å². The van der Waals surface area contributed by atoms with Gasteiger partial charge in [-0.2, -0.15) is 5.10 Å². The van der Waals surface area contributed by atoms with Gasteiger partial charge in [-0.15, -0.1) is 10.2 Å². The van der Waals surface area contributed by atoms with Crippen LogP contribution in [0.3, 0.4) is 0 Å². The molecule has 164 valence electrons. The van der Waals surface area contributed by atoms with E-state index in [4.69, 9.17) is 11.6 Å². The predicted octanol–water partition coefficient (Wildman–Crippen LogP) is 2.45. The van der Waals surface area contributed by atoms with Gasteiger partial charge >= 0.3 is 0 Å². The first-order valence-corrected chi connectivity index (χ1v) is 10.5. The number of pyridine rings is 1. The van der Waals surface area contributed by atoms with Gasteiger partial charge in [0.15, 0.2) is 5.65 Å². The van der Waals surface area contributed by atoms with Gasteiger partial charge < -0.3 is 0 Å². The first-order chi connectivity index (χ1) is 15.2. The van der Waals surface area contributed by atoms with Gasteiger partial charge in [0, 0.05) is 11.8 Å². The summed E-state index contributed by atoms with van der Waals surface area (Å²) >= 11 is 0. The Morgan fingerprint density at radius 2 is 1.50 bits per heavy atom. The minimum Gasteiger partial charge on any atom is -0.289 e. The number of hydrogen-bond acceptors (Lipinski definition) is 3. The van der Waals surface area contributed by atoms with Crippen molar-refractivity contribution < 1.29 is 9.49 Å². The van der Waals surface area contributed by atoms with Crippen molar-refractivity contribution in [3.05, 3.63) is 89.6 Å². The smallest absolute Gasteiger partial charge is 0.273 e. The number of amidine groups is 1. The fraction of sp³-hybridized carbons (Fsp3) is 0.240. The standard InChI is InChI=1S/C25H27FN6/c1-24(2,18-11-7-16(8-12-18)17-9-13-19(26)14-10-17)23-31-30-21-20(6-5-15-32(21)23)25(3,4)22(27)29-28/h5-15H,28H2,1-4H3,(H2,27,29)/p+1. The number of hydrazine groups is 1. The van der Waals surface area contributed by atoms with Gasteiger partial charge in [0.1, 0.15) is 11.6 Å². The van der Waals surface area contributed by atoms with Crippen LogP contribution in [0.1, 0.15) is 44.6 Å². The average molecular weight is 432 g/mol. The second-order valence-corrected chi connectivity index (χ2v) is 9.03. The fourth-order valence-corrected chi connectivity index (χ4v) is 4.01. The van der Waals surface area contributed by atoms with Crippen molar-refractivity contribution in [1.29, 1.82) is 0 Å². The van der Waals surface area contributed by atoms with E-state index < -0.39 is 10.8 Å². The van der Waals surface area contributed by atoms with Crippen molar-refractivity contribution >= 4 is 11.5 Å². The van der Waals surface area contributed by atoms with E-state index in [1.165, 1.54) is 12.1 Å². The number of hydrogen-bond donors (Lipinski definition) is 3. The van der Waals surface area contributed by atoms with Crippen LogP contribution in [0.5, 0.6) is 0 Å².